The minimum atomic E-state index is -0.589. The molecule has 0 aromatic heterocycles. The van der Waals surface area contributed by atoms with Crippen molar-refractivity contribution in [3.63, 3.8) is 0 Å². The fourth-order valence-electron chi connectivity index (χ4n) is 1.61. The maximum Gasteiger partial charge on any atom is 0.509 e. The Morgan fingerprint density at radius 2 is 2.00 bits per heavy atom. The lowest BCUT2D eigenvalue weighted by Crippen LogP contribution is -2.33. The van der Waals surface area contributed by atoms with Crippen molar-refractivity contribution in [1.29, 1.82) is 0 Å². The Bertz CT molecular complexity index is 179. The van der Waals surface area contributed by atoms with Gasteiger partial charge >= 0.3 is 6.16 Å². The molecule has 4 heteroatoms. The van der Waals surface area contributed by atoms with Gasteiger partial charge in [-0.25, -0.2) is 4.79 Å². The van der Waals surface area contributed by atoms with E-state index in [0.717, 1.165) is 6.42 Å². The van der Waals surface area contributed by atoms with Gasteiger partial charge in [0.2, 0.25) is 0 Å². The Labute approximate surface area is 64.1 Å². The summed E-state index contributed by atoms with van der Waals surface area (Å²) in [4.78, 5) is 10.6. The molecule has 0 aromatic rings. The van der Waals surface area contributed by atoms with Gasteiger partial charge in [0.15, 0.2) is 0 Å². The molecule has 1 aliphatic heterocycles. The third kappa shape index (κ3) is 1.18. The van der Waals surface area contributed by atoms with Crippen LogP contribution in [0.3, 0.4) is 0 Å². The summed E-state index contributed by atoms with van der Waals surface area (Å²) in [6.07, 6.45) is 0.725. The van der Waals surface area contributed by atoms with E-state index in [0.29, 0.717) is 12.8 Å². The highest BCUT2D eigenvalue weighted by Crippen LogP contribution is 2.29. The zero-order chi connectivity index (χ0) is 7.84. The van der Waals surface area contributed by atoms with Crippen LogP contribution < -0.4 is 0 Å². The molecule has 0 radical (unpaired) electrons. The molecule has 3 atom stereocenters. The van der Waals surface area contributed by atoms with Crippen LogP contribution in [0.25, 0.3) is 0 Å². The number of fused-ring (bicyclic) bond motifs is 1. The molecule has 4 nitrogen and oxygen atoms in total. The lowest BCUT2D eigenvalue weighted by Gasteiger charge is -2.24. The van der Waals surface area contributed by atoms with Crippen molar-refractivity contribution < 1.29 is 19.4 Å². The first-order valence-electron chi connectivity index (χ1n) is 3.81. The molecular weight excluding hydrogens is 148 g/mol. The summed E-state index contributed by atoms with van der Waals surface area (Å²) < 4.78 is 9.66. The minimum Gasteiger partial charge on any atom is -0.427 e. The molecule has 11 heavy (non-hydrogen) atoms. The van der Waals surface area contributed by atoms with Crippen LogP contribution in [0.5, 0.6) is 0 Å². The highest BCUT2D eigenvalue weighted by atomic mass is 16.8. The minimum absolute atomic E-state index is 0.106. The smallest absolute Gasteiger partial charge is 0.427 e. The number of carbonyl (C=O) groups is 1. The Morgan fingerprint density at radius 1 is 1.27 bits per heavy atom. The molecule has 1 saturated heterocycles. The summed E-state index contributed by atoms with van der Waals surface area (Å²) in [5, 5.41) is 9.20. The number of hydrogen-bond acceptors (Lipinski definition) is 4. The molecule has 3 unspecified atom stereocenters. The fourth-order valence-corrected chi connectivity index (χ4v) is 1.61. The number of aliphatic hydroxyl groups excluding tert-OH is 1. The van der Waals surface area contributed by atoms with E-state index >= 15 is 0 Å². The number of hydrogen-bond donors (Lipinski definition) is 1. The van der Waals surface area contributed by atoms with Gasteiger partial charge in [0.1, 0.15) is 12.2 Å². The maximum atomic E-state index is 10.6. The predicted molar refractivity (Wildman–Crippen MR) is 35.0 cm³/mol. The Hall–Kier alpha value is -0.770. The maximum absolute atomic E-state index is 10.6. The van der Waals surface area contributed by atoms with E-state index in [1.807, 2.05) is 0 Å². The van der Waals surface area contributed by atoms with E-state index < -0.39 is 6.16 Å². The van der Waals surface area contributed by atoms with Crippen molar-refractivity contribution >= 4 is 6.16 Å². The zero-order valence-corrected chi connectivity index (χ0v) is 6.03. The summed E-state index contributed by atoms with van der Waals surface area (Å²) in [7, 11) is 0. The first-order chi connectivity index (χ1) is 5.25. The number of carbonyl (C=O) groups excluding carboxylic acids is 1. The van der Waals surface area contributed by atoms with Crippen LogP contribution >= 0.6 is 0 Å². The lowest BCUT2D eigenvalue weighted by molar-refractivity contribution is 0.0264. The van der Waals surface area contributed by atoms with Crippen LogP contribution in [-0.4, -0.2) is 29.6 Å². The van der Waals surface area contributed by atoms with Crippen molar-refractivity contribution in [1.82, 2.24) is 0 Å². The van der Waals surface area contributed by atoms with Crippen LogP contribution in [0.2, 0.25) is 0 Å². The van der Waals surface area contributed by atoms with Gasteiger partial charge in [-0.2, -0.15) is 0 Å². The third-order valence-corrected chi connectivity index (χ3v) is 2.20. The van der Waals surface area contributed by atoms with Gasteiger partial charge in [0.05, 0.1) is 6.10 Å². The Balaban J connectivity index is 2.02. The highest BCUT2D eigenvalue weighted by Gasteiger charge is 2.40. The second-order valence-electron chi connectivity index (χ2n) is 3.03. The van der Waals surface area contributed by atoms with Crippen LogP contribution in [0.4, 0.5) is 4.79 Å². The molecule has 2 fully saturated rings. The average Bonchev–Trinajstić information content (AvgIpc) is 2.27. The van der Waals surface area contributed by atoms with E-state index in [1.54, 1.807) is 0 Å². The number of rotatable bonds is 0. The molecule has 0 spiro atoms. The van der Waals surface area contributed by atoms with E-state index in [-0.39, 0.29) is 18.3 Å². The van der Waals surface area contributed by atoms with Crippen molar-refractivity contribution in [2.45, 2.75) is 37.6 Å². The number of ether oxygens (including phenoxy) is 2. The topological polar surface area (TPSA) is 55.8 Å². The van der Waals surface area contributed by atoms with Gasteiger partial charge in [-0.1, -0.05) is 0 Å². The summed E-state index contributed by atoms with van der Waals surface area (Å²) in [6, 6.07) is 0. The summed E-state index contributed by atoms with van der Waals surface area (Å²) in [5.74, 6) is 0. The molecule has 0 bridgehead atoms. The van der Waals surface area contributed by atoms with Crippen LogP contribution in [0, 0.1) is 0 Å². The van der Waals surface area contributed by atoms with Crippen LogP contribution in [-0.2, 0) is 9.47 Å². The summed E-state index contributed by atoms with van der Waals surface area (Å²) in [6.45, 7) is 0. The van der Waals surface area contributed by atoms with E-state index in [1.165, 1.54) is 0 Å². The van der Waals surface area contributed by atoms with Gasteiger partial charge in [-0.05, 0) is 12.8 Å². The fraction of sp³-hybridized carbons (Fsp3) is 0.857. The average molecular weight is 158 g/mol. The zero-order valence-electron chi connectivity index (χ0n) is 6.03. The predicted octanol–water partition coefficient (Wildman–Crippen LogP) is 0.435. The molecule has 2 aliphatic rings. The first kappa shape index (κ1) is 6.91. The Morgan fingerprint density at radius 3 is 2.82 bits per heavy atom. The SMILES string of the molecule is O=C1OC2CCC(O)CC2O1. The van der Waals surface area contributed by atoms with E-state index in [2.05, 4.69) is 0 Å². The molecule has 0 aromatic carbocycles. The molecule has 1 N–H and O–H groups in total. The summed E-state index contributed by atoms with van der Waals surface area (Å²) in [5.41, 5.74) is 0. The van der Waals surface area contributed by atoms with E-state index in [4.69, 9.17) is 9.47 Å². The molecule has 0 amide bonds. The van der Waals surface area contributed by atoms with Crippen molar-refractivity contribution in [2.24, 2.45) is 0 Å². The van der Waals surface area contributed by atoms with Crippen molar-refractivity contribution in [3.05, 3.63) is 0 Å². The molecule has 1 aliphatic carbocycles. The normalized spacial score (nSPS) is 42.6. The quantitative estimate of drug-likeness (QED) is 0.519. The van der Waals surface area contributed by atoms with Crippen LogP contribution in [0.1, 0.15) is 19.3 Å². The summed E-state index contributed by atoms with van der Waals surface area (Å²) >= 11 is 0. The van der Waals surface area contributed by atoms with Gasteiger partial charge in [0, 0.05) is 6.42 Å². The lowest BCUT2D eigenvalue weighted by atomic mass is 9.93. The van der Waals surface area contributed by atoms with E-state index in [9.17, 15) is 9.90 Å². The van der Waals surface area contributed by atoms with Crippen LogP contribution in [0.15, 0.2) is 0 Å². The molecule has 2 rings (SSSR count). The second kappa shape index (κ2) is 2.37. The van der Waals surface area contributed by atoms with Gasteiger partial charge in [0.25, 0.3) is 0 Å². The molecule has 1 heterocycles. The standard InChI is InChI=1S/C7H10O4/c8-4-1-2-5-6(3-4)11-7(9)10-5/h4-6,8H,1-3H2. The number of aliphatic hydroxyl groups is 1. The monoisotopic (exact) mass is 158 g/mol. The highest BCUT2D eigenvalue weighted by molar-refractivity contribution is 5.62. The molecular formula is C7H10O4. The van der Waals surface area contributed by atoms with Gasteiger partial charge in [-0.3, -0.25) is 0 Å². The van der Waals surface area contributed by atoms with Gasteiger partial charge in [-0.15, -0.1) is 0 Å². The largest absolute Gasteiger partial charge is 0.509 e. The molecule has 62 valence electrons. The first-order valence-corrected chi connectivity index (χ1v) is 3.81. The molecule has 1 saturated carbocycles. The Kier molecular flexibility index (Phi) is 1.49. The van der Waals surface area contributed by atoms with Crippen molar-refractivity contribution in [2.75, 3.05) is 0 Å². The third-order valence-electron chi connectivity index (χ3n) is 2.20. The second-order valence-corrected chi connectivity index (χ2v) is 3.03. The van der Waals surface area contributed by atoms with Crippen molar-refractivity contribution in [3.8, 4) is 0 Å². The van der Waals surface area contributed by atoms with Gasteiger partial charge < -0.3 is 14.6 Å².